The van der Waals surface area contributed by atoms with Gasteiger partial charge in [0.1, 0.15) is 0 Å². The van der Waals surface area contributed by atoms with Gasteiger partial charge in [-0.1, -0.05) is 0 Å². The molecule has 0 aliphatic heterocycles. The molecule has 0 saturated heterocycles. The zero-order chi connectivity index (χ0) is 13.9. The average molecular weight is 269 g/mol. The number of fused-ring (bicyclic) bond motifs is 1. The lowest BCUT2D eigenvalue weighted by Gasteiger charge is -2.15. The Morgan fingerprint density at radius 2 is 2.25 bits per heavy atom. The lowest BCUT2D eigenvalue weighted by Crippen LogP contribution is -2.24. The minimum atomic E-state index is -0.0228. The first kappa shape index (κ1) is 12.5. The molecule has 0 aromatic carbocycles. The Morgan fingerprint density at radius 1 is 1.35 bits per heavy atom. The fourth-order valence-electron chi connectivity index (χ4n) is 2.19. The Bertz CT molecular complexity index is 763. The summed E-state index contributed by atoms with van der Waals surface area (Å²) in [7, 11) is 0. The van der Waals surface area contributed by atoms with Crippen LogP contribution in [0, 0.1) is 0 Å². The second kappa shape index (κ2) is 5.24. The minimum Gasteiger partial charge on any atom is -0.296 e. The SMILES string of the molecule is C[C@@H](CCn1cccn1)n1cnc2cnccc2c1=O. The molecular formula is C14H15N5O. The predicted octanol–water partition coefficient (Wildman–Crippen LogP) is 1.64. The van der Waals surface area contributed by atoms with Gasteiger partial charge in [-0.2, -0.15) is 5.10 Å². The molecule has 6 nitrogen and oxygen atoms in total. The molecule has 0 aliphatic carbocycles. The van der Waals surface area contributed by atoms with E-state index in [4.69, 9.17) is 0 Å². The summed E-state index contributed by atoms with van der Waals surface area (Å²) in [6.07, 6.45) is 9.31. The number of aryl methyl sites for hydroxylation is 1. The van der Waals surface area contributed by atoms with Crippen molar-refractivity contribution < 1.29 is 0 Å². The molecule has 3 aromatic rings. The van der Waals surface area contributed by atoms with Gasteiger partial charge in [0.15, 0.2) is 0 Å². The van der Waals surface area contributed by atoms with Crippen molar-refractivity contribution in [1.29, 1.82) is 0 Å². The van der Waals surface area contributed by atoms with Crippen LogP contribution >= 0.6 is 0 Å². The highest BCUT2D eigenvalue weighted by Gasteiger charge is 2.10. The molecule has 20 heavy (non-hydrogen) atoms. The third-order valence-corrected chi connectivity index (χ3v) is 3.40. The number of nitrogens with zero attached hydrogens (tertiary/aromatic N) is 5. The Labute approximate surface area is 115 Å². The molecule has 0 saturated carbocycles. The Morgan fingerprint density at radius 3 is 3.05 bits per heavy atom. The highest BCUT2D eigenvalue weighted by molar-refractivity contribution is 5.75. The molecule has 1 atom stereocenters. The summed E-state index contributed by atoms with van der Waals surface area (Å²) in [6, 6.07) is 3.67. The Balaban J connectivity index is 1.86. The third-order valence-electron chi connectivity index (χ3n) is 3.40. The first-order valence-corrected chi connectivity index (χ1v) is 6.54. The molecule has 0 N–H and O–H groups in total. The van der Waals surface area contributed by atoms with E-state index in [0.717, 1.165) is 13.0 Å². The zero-order valence-corrected chi connectivity index (χ0v) is 11.2. The minimum absolute atomic E-state index is 0.0228. The number of rotatable bonds is 4. The van der Waals surface area contributed by atoms with Crippen LogP contribution < -0.4 is 5.56 Å². The van der Waals surface area contributed by atoms with E-state index in [9.17, 15) is 4.79 Å². The summed E-state index contributed by atoms with van der Waals surface area (Å²) in [6.45, 7) is 2.79. The van der Waals surface area contributed by atoms with Crippen LogP contribution in [0.5, 0.6) is 0 Å². The summed E-state index contributed by atoms with van der Waals surface area (Å²) in [5, 5.41) is 4.76. The molecule has 0 radical (unpaired) electrons. The molecule has 0 spiro atoms. The normalized spacial score (nSPS) is 12.7. The molecule has 3 heterocycles. The van der Waals surface area contributed by atoms with Crippen molar-refractivity contribution in [3.05, 3.63) is 53.6 Å². The second-order valence-corrected chi connectivity index (χ2v) is 4.76. The number of aromatic nitrogens is 5. The quantitative estimate of drug-likeness (QED) is 0.722. The number of hydrogen-bond donors (Lipinski definition) is 0. The van der Waals surface area contributed by atoms with Crippen LogP contribution in [-0.2, 0) is 6.54 Å². The van der Waals surface area contributed by atoms with E-state index in [1.54, 1.807) is 35.6 Å². The maximum absolute atomic E-state index is 12.4. The lowest BCUT2D eigenvalue weighted by molar-refractivity contribution is 0.435. The molecule has 0 fully saturated rings. The van der Waals surface area contributed by atoms with E-state index in [1.807, 2.05) is 23.9 Å². The summed E-state index contributed by atoms with van der Waals surface area (Å²) in [5.74, 6) is 0. The molecule has 0 amide bonds. The molecule has 102 valence electrons. The molecule has 3 aromatic heterocycles. The first-order chi connectivity index (χ1) is 9.75. The monoisotopic (exact) mass is 269 g/mol. The van der Waals surface area contributed by atoms with Crippen molar-refractivity contribution in [3.8, 4) is 0 Å². The van der Waals surface area contributed by atoms with Crippen LogP contribution in [0.25, 0.3) is 10.9 Å². The van der Waals surface area contributed by atoms with Crippen molar-refractivity contribution >= 4 is 10.9 Å². The summed E-state index contributed by atoms with van der Waals surface area (Å²) in [4.78, 5) is 20.7. The van der Waals surface area contributed by atoms with Gasteiger partial charge in [-0.15, -0.1) is 0 Å². The highest BCUT2D eigenvalue weighted by atomic mass is 16.1. The van der Waals surface area contributed by atoms with E-state index in [-0.39, 0.29) is 11.6 Å². The van der Waals surface area contributed by atoms with Crippen LogP contribution in [0.15, 0.2) is 48.0 Å². The smallest absolute Gasteiger partial charge is 0.261 e. The highest BCUT2D eigenvalue weighted by Crippen LogP contribution is 2.11. The van der Waals surface area contributed by atoms with Gasteiger partial charge in [0.2, 0.25) is 0 Å². The fraction of sp³-hybridized carbons (Fsp3) is 0.286. The molecule has 6 heteroatoms. The Kier molecular flexibility index (Phi) is 3.28. The predicted molar refractivity (Wildman–Crippen MR) is 75.4 cm³/mol. The first-order valence-electron chi connectivity index (χ1n) is 6.54. The van der Waals surface area contributed by atoms with Gasteiger partial charge < -0.3 is 0 Å². The van der Waals surface area contributed by atoms with Crippen molar-refractivity contribution in [3.63, 3.8) is 0 Å². The van der Waals surface area contributed by atoms with Crippen LogP contribution in [-0.4, -0.2) is 24.3 Å². The Hall–Kier alpha value is -2.50. The second-order valence-electron chi connectivity index (χ2n) is 4.76. The van der Waals surface area contributed by atoms with Crippen molar-refractivity contribution in [2.24, 2.45) is 0 Å². The zero-order valence-electron chi connectivity index (χ0n) is 11.2. The third kappa shape index (κ3) is 2.32. The summed E-state index contributed by atoms with van der Waals surface area (Å²) in [5.41, 5.74) is 0.610. The summed E-state index contributed by atoms with van der Waals surface area (Å²) >= 11 is 0. The molecule has 0 unspecified atom stereocenters. The van der Waals surface area contributed by atoms with Crippen LogP contribution in [0.1, 0.15) is 19.4 Å². The van der Waals surface area contributed by atoms with E-state index >= 15 is 0 Å². The van der Waals surface area contributed by atoms with Crippen LogP contribution in [0.3, 0.4) is 0 Å². The van der Waals surface area contributed by atoms with Gasteiger partial charge >= 0.3 is 0 Å². The van der Waals surface area contributed by atoms with Gasteiger partial charge in [-0.25, -0.2) is 4.98 Å². The van der Waals surface area contributed by atoms with Crippen molar-refractivity contribution in [2.45, 2.75) is 25.9 Å². The maximum atomic E-state index is 12.4. The van der Waals surface area contributed by atoms with Crippen molar-refractivity contribution in [2.75, 3.05) is 0 Å². The largest absolute Gasteiger partial charge is 0.296 e. The van der Waals surface area contributed by atoms with Gasteiger partial charge in [0.25, 0.3) is 5.56 Å². The van der Waals surface area contributed by atoms with Crippen LogP contribution in [0.4, 0.5) is 0 Å². The maximum Gasteiger partial charge on any atom is 0.261 e. The summed E-state index contributed by atoms with van der Waals surface area (Å²) < 4.78 is 3.53. The molecule has 0 aliphatic rings. The number of pyridine rings is 1. The standard InChI is InChI=1S/C14H15N5O/c1-11(4-8-18-7-2-5-17-18)19-10-16-13-9-15-6-3-12(13)14(19)20/h2-3,5-7,9-11H,4,8H2,1H3/t11-/m0/s1. The van der Waals surface area contributed by atoms with Crippen LogP contribution in [0.2, 0.25) is 0 Å². The van der Waals surface area contributed by atoms with Gasteiger partial charge in [-0.3, -0.25) is 19.0 Å². The lowest BCUT2D eigenvalue weighted by atomic mass is 10.2. The van der Waals surface area contributed by atoms with E-state index in [2.05, 4.69) is 15.1 Å². The molecule has 3 rings (SSSR count). The molecular weight excluding hydrogens is 254 g/mol. The topological polar surface area (TPSA) is 65.6 Å². The number of hydrogen-bond acceptors (Lipinski definition) is 4. The van der Waals surface area contributed by atoms with Gasteiger partial charge in [-0.05, 0) is 25.5 Å². The van der Waals surface area contributed by atoms with Gasteiger partial charge in [0, 0.05) is 31.2 Å². The molecule has 0 bridgehead atoms. The fourth-order valence-corrected chi connectivity index (χ4v) is 2.19. The van der Waals surface area contributed by atoms with Crippen molar-refractivity contribution in [1.82, 2.24) is 24.3 Å². The van der Waals surface area contributed by atoms with E-state index in [1.165, 1.54) is 0 Å². The van der Waals surface area contributed by atoms with Gasteiger partial charge in [0.05, 0.1) is 23.4 Å². The van der Waals surface area contributed by atoms with E-state index in [0.29, 0.717) is 10.9 Å². The van der Waals surface area contributed by atoms with E-state index < -0.39 is 0 Å². The average Bonchev–Trinajstić information content (AvgIpc) is 2.99.